The van der Waals surface area contributed by atoms with Crippen molar-refractivity contribution < 1.29 is 4.42 Å². The smallest absolute Gasteiger partial charge is 0.181 e. The zero-order chi connectivity index (χ0) is 13.5. The Morgan fingerprint density at radius 3 is 2.58 bits per heavy atom. The van der Waals surface area contributed by atoms with Gasteiger partial charge in [-0.25, -0.2) is 4.98 Å². The first-order valence-electron chi connectivity index (χ1n) is 7.90. The molecule has 0 atom stereocenters. The van der Waals surface area contributed by atoms with Gasteiger partial charge in [0.25, 0.3) is 0 Å². The van der Waals surface area contributed by atoms with Crippen molar-refractivity contribution in [1.82, 2.24) is 10.3 Å². The second-order valence-corrected chi connectivity index (χ2v) is 6.23. The fourth-order valence-corrected chi connectivity index (χ4v) is 2.94. The number of aromatic nitrogens is 1. The van der Waals surface area contributed by atoms with E-state index in [1.54, 1.807) is 6.39 Å². The summed E-state index contributed by atoms with van der Waals surface area (Å²) >= 11 is 0. The SMILES string of the molecule is CC(C)CNCc1ncoc1C1CCCCCCC1. The fraction of sp³-hybridized carbons (Fsp3) is 0.812. The maximum absolute atomic E-state index is 5.71. The van der Waals surface area contributed by atoms with Crippen LogP contribution >= 0.6 is 0 Å². The maximum Gasteiger partial charge on any atom is 0.181 e. The quantitative estimate of drug-likeness (QED) is 0.864. The highest BCUT2D eigenvalue weighted by molar-refractivity contribution is 5.12. The molecule has 1 aromatic heterocycles. The summed E-state index contributed by atoms with van der Waals surface area (Å²) < 4.78 is 5.71. The monoisotopic (exact) mass is 264 g/mol. The highest BCUT2D eigenvalue weighted by Gasteiger charge is 2.20. The number of oxazole rings is 1. The van der Waals surface area contributed by atoms with Gasteiger partial charge in [-0.15, -0.1) is 0 Å². The third-order valence-corrected chi connectivity index (χ3v) is 3.99. The van der Waals surface area contributed by atoms with Crippen molar-refractivity contribution in [3.05, 3.63) is 17.8 Å². The predicted octanol–water partition coefficient (Wildman–Crippen LogP) is 4.25. The lowest BCUT2D eigenvalue weighted by Gasteiger charge is -2.18. The minimum Gasteiger partial charge on any atom is -0.448 e. The van der Waals surface area contributed by atoms with Crippen molar-refractivity contribution in [3.63, 3.8) is 0 Å². The van der Waals surface area contributed by atoms with Gasteiger partial charge in [0.2, 0.25) is 0 Å². The molecular formula is C16H28N2O. The second kappa shape index (κ2) is 7.68. The lowest BCUT2D eigenvalue weighted by Crippen LogP contribution is -2.20. The van der Waals surface area contributed by atoms with E-state index < -0.39 is 0 Å². The maximum atomic E-state index is 5.71. The normalized spacial score (nSPS) is 18.5. The summed E-state index contributed by atoms with van der Waals surface area (Å²) in [6, 6.07) is 0. The third-order valence-electron chi connectivity index (χ3n) is 3.99. The first-order valence-corrected chi connectivity index (χ1v) is 7.90. The third kappa shape index (κ3) is 4.64. The molecule has 3 nitrogen and oxygen atoms in total. The largest absolute Gasteiger partial charge is 0.448 e. The summed E-state index contributed by atoms with van der Waals surface area (Å²) in [5.41, 5.74) is 1.13. The van der Waals surface area contributed by atoms with Gasteiger partial charge in [0.1, 0.15) is 5.76 Å². The van der Waals surface area contributed by atoms with Crippen LogP contribution < -0.4 is 5.32 Å². The number of nitrogens with zero attached hydrogens (tertiary/aromatic N) is 1. The van der Waals surface area contributed by atoms with Crippen LogP contribution in [0.15, 0.2) is 10.8 Å². The average molecular weight is 264 g/mol. The van der Waals surface area contributed by atoms with Gasteiger partial charge in [0.05, 0.1) is 5.69 Å². The standard InChI is InChI=1S/C16H28N2O/c1-13(2)10-17-11-15-16(19-12-18-15)14-8-6-4-3-5-7-9-14/h12-14,17H,3-11H2,1-2H3. The van der Waals surface area contributed by atoms with E-state index in [1.165, 1.54) is 44.9 Å². The van der Waals surface area contributed by atoms with E-state index in [0.717, 1.165) is 24.5 Å². The van der Waals surface area contributed by atoms with Crippen LogP contribution in [-0.4, -0.2) is 11.5 Å². The Hall–Kier alpha value is -0.830. The minimum absolute atomic E-state index is 0.596. The van der Waals surface area contributed by atoms with Crippen LogP contribution in [0, 0.1) is 5.92 Å². The van der Waals surface area contributed by atoms with Crippen LogP contribution in [0.4, 0.5) is 0 Å². The van der Waals surface area contributed by atoms with Crippen molar-refractivity contribution in [2.45, 2.75) is 71.3 Å². The molecule has 1 aliphatic carbocycles. The Morgan fingerprint density at radius 1 is 1.21 bits per heavy atom. The Kier molecular flexibility index (Phi) is 5.90. The summed E-state index contributed by atoms with van der Waals surface area (Å²) in [6.45, 7) is 6.34. The van der Waals surface area contributed by atoms with Gasteiger partial charge >= 0.3 is 0 Å². The van der Waals surface area contributed by atoms with E-state index in [2.05, 4.69) is 24.1 Å². The summed E-state index contributed by atoms with van der Waals surface area (Å²) in [5.74, 6) is 2.42. The molecule has 1 aliphatic rings. The summed E-state index contributed by atoms with van der Waals surface area (Å²) in [4.78, 5) is 4.41. The van der Waals surface area contributed by atoms with Crippen LogP contribution in [-0.2, 0) is 6.54 Å². The molecule has 1 saturated carbocycles. The molecule has 0 radical (unpaired) electrons. The van der Waals surface area contributed by atoms with Crippen molar-refractivity contribution in [3.8, 4) is 0 Å². The summed E-state index contributed by atoms with van der Waals surface area (Å²) in [6.07, 6.45) is 11.0. The number of nitrogens with one attached hydrogen (secondary N) is 1. The van der Waals surface area contributed by atoms with Crippen molar-refractivity contribution in [1.29, 1.82) is 0 Å². The van der Waals surface area contributed by atoms with Crippen LogP contribution in [0.2, 0.25) is 0 Å². The van der Waals surface area contributed by atoms with Gasteiger partial charge in [-0.1, -0.05) is 46.0 Å². The Bertz CT molecular complexity index is 351. The lowest BCUT2D eigenvalue weighted by atomic mass is 9.88. The van der Waals surface area contributed by atoms with E-state index in [4.69, 9.17) is 4.42 Å². The van der Waals surface area contributed by atoms with Crippen LogP contribution in [0.25, 0.3) is 0 Å². The van der Waals surface area contributed by atoms with Gasteiger partial charge in [0, 0.05) is 12.5 Å². The molecule has 1 fully saturated rings. The molecule has 0 saturated heterocycles. The van der Waals surface area contributed by atoms with Crippen LogP contribution in [0.5, 0.6) is 0 Å². The molecule has 0 aliphatic heterocycles. The molecule has 1 aromatic rings. The van der Waals surface area contributed by atoms with E-state index >= 15 is 0 Å². The minimum atomic E-state index is 0.596. The first kappa shape index (κ1) is 14.6. The number of hydrogen-bond donors (Lipinski definition) is 1. The second-order valence-electron chi connectivity index (χ2n) is 6.23. The predicted molar refractivity (Wildman–Crippen MR) is 78.1 cm³/mol. The number of hydrogen-bond acceptors (Lipinski definition) is 3. The van der Waals surface area contributed by atoms with Gasteiger partial charge in [0.15, 0.2) is 6.39 Å². The van der Waals surface area contributed by atoms with Gasteiger partial charge in [-0.3, -0.25) is 0 Å². The Morgan fingerprint density at radius 2 is 1.89 bits per heavy atom. The molecule has 0 aromatic carbocycles. The Labute approximate surface area is 117 Å². The molecule has 0 spiro atoms. The summed E-state index contributed by atoms with van der Waals surface area (Å²) in [5, 5.41) is 3.47. The van der Waals surface area contributed by atoms with E-state index in [1.807, 2.05) is 0 Å². The number of rotatable bonds is 5. The van der Waals surface area contributed by atoms with Crippen molar-refractivity contribution in [2.75, 3.05) is 6.54 Å². The van der Waals surface area contributed by atoms with Gasteiger partial charge in [-0.2, -0.15) is 0 Å². The molecule has 1 heterocycles. The van der Waals surface area contributed by atoms with E-state index in [9.17, 15) is 0 Å². The van der Waals surface area contributed by atoms with E-state index in [-0.39, 0.29) is 0 Å². The molecule has 1 N–H and O–H groups in total. The van der Waals surface area contributed by atoms with Crippen molar-refractivity contribution >= 4 is 0 Å². The zero-order valence-corrected chi connectivity index (χ0v) is 12.5. The first-order chi connectivity index (χ1) is 9.27. The molecule has 0 unspecified atom stereocenters. The highest BCUT2D eigenvalue weighted by Crippen LogP contribution is 2.32. The van der Waals surface area contributed by atoms with E-state index in [0.29, 0.717) is 11.8 Å². The molecule has 19 heavy (non-hydrogen) atoms. The topological polar surface area (TPSA) is 38.1 Å². The molecule has 108 valence electrons. The molecular weight excluding hydrogens is 236 g/mol. The molecule has 2 rings (SSSR count). The van der Waals surface area contributed by atoms with Gasteiger partial charge < -0.3 is 9.73 Å². The van der Waals surface area contributed by atoms with Crippen LogP contribution in [0.3, 0.4) is 0 Å². The van der Waals surface area contributed by atoms with Crippen LogP contribution in [0.1, 0.15) is 76.2 Å². The molecule has 0 bridgehead atoms. The zero-order valence-electron chi connectivity index (χ0n) is 12.5. The van der Waals surface area contributed by atoms with Crippen molar-refractivity contribution in [2.24, 2.45) is 5.92 Å². The molecule has 3 heteroatoms. The Balaban J connectivity index is 1.92. The lowest BCUT2D eigenvalue weighted by molar-refractivity contribution is 0.383. The van der Waals surface area contributed by atoms with Gasteiger partial charge in [-0.05, 0) is 25.3 Å². The summed E-state index contributed by atoms with van der Waals surface area (Å²) in [7, 11) is 0. The average Bonchev–Trinajstić information content (AvgIpc) is 2.76. The molecule has 0 amide bonds. The fourth-order valence-electron chi connectivity index (χ4n) is 2.94. The highest BCUT2D eigenvalue weighted by atomic mass is 16.3.